The SMILES string of the molecule is Cc1ccc(CN(C)CC(O)CC(=O)O)cc1. The van der Waals surface area contributed by atoms with Crippen molar-refractivity contribution in [1.82, 2.24) is 4.90 Å². The Hall–Kier alpha value is -1.39. The van der Waals surface area contributed by atoms with E-state index < -0.39 is 12.1 Å². The molecule has 0 radical (unpaired) electrons. The van der Waals surface area contributed by atoms with Crippen LogP contribution in [0.4, 0.5) is 0 Å². The van der Waals surface area contributed by atoms with Crippen molar-refractivity contribution in [3.8, 4) is 0 Å². The van der Waals surface area contributed by atoms with E-state index in [-0.39, 0.29) is 6.42 Å². The molecule has 1 atom stereocenters. The second-order valence-electron chi connectivity index (χ2n) is 4.43. The first-order valence-electron chi connectivity index (χ1n) is 5.61. The molecular weight excluding hydrogens is 218 g/mol. The summed E-state index contributed by atoms with van der Waals surface area (Å²) >= 11 is 0. The molecule has 17 heavy (non-hydrogen) atoms. The van der Waals surface area contributed by atoms with E-state index in [0.29, 0.717) is 13.1 Å². The highest BCUT2D eigenvalue weighted by Crippen LogP contribution is 2.06. The van der Waals surface area contributed by atoms with Crippen LogP contribution in [0.2, 0.25) is 0 Å². The predicted molar refractivity (Wildman–Crippen MR) is 65.8 cm³/mol. The number of rotatable bonds is 6. The van der Waals surface area contributed by atoms with Gasteiger partial charge in [-0.3, -0.25) is 9.69 Å². The fraction of sp³-hybridized carbons (Fsp3) is 0.462. The molecule has 0 aliphatic carbocycles. The summed E-state index contributed by atoms with van der Waals surface area (Å²) in [6.45, 7) is 3.10. The number of carboxylic acid groups (broad SMARTS) is 1. The molecule has 4 heteroatoms. The molecule has 0 saturated heterocycles. The number of benzene rings is 1. The van der Waals surface area contributed by atoms with Crippen LogP contribution >= 0.6 is 0 Å². The first-order chi connectivity index (χ1) is 7.97. The molecule has 0 spiro atoms. The number of aryl methyl sites for hydroxylation is 1. The number of nitrogens with zero attached hydrogens (tertiary/aromatic N) is 1. The van der Waals surface area contributed by atoms with Crippen molar-refractivity contribution in [2.45, 2.75) is 26.0 Å². The van der Waals surface area contributed by atoms with Gasteiger partial charge in [0.1, 0.15) is 0 Å². The highest BCUT2D eigenvalue weighted by Gasteiger charge is 2.12. The Morgan fingerprint density at radius 3 is 2.47 bits per heavy atom. The number of carboxylic acids is 1. The number of hydrogen-bond acceptors (Lipinski definition) is 3. The summed E-state index contributed by atoms with van der Waals surface area (Å²) in [7, 11) is 1.87. The molecule has 2 N–H and O–H groups in total. The normalized spacial score (nSPS) is 12.7. The van der Waals surface area contributed by atoms with Gasteiger partial charge in [0.2, 0.25) is 0 Å². The van der Waals surface area contributed by atoms with Gasteiger partial charge in [-0.2, -0.15) is 0 Å². The van der Waals surface area contributed by atoms with E-state index in [1.165, 1.54) is 5.56 Å². The summed E-state index contributed by atoms with van der Waals surface area (Å²) in [5, 5.41) is 18.0. The molecule has 94 valence electrons. The predicted octanol–water partition coefficient (Wildman–Crippen LogP) is 1.26. The van der Waals surface area contributed by atoms with Crippen molar-refractivity contribution in [2.75, 3.05) is 13.6 Å². The van der Waals surface area contributed by atoms with Crippen molar-refractivity contribution in [3.63, 3.8) is 0 Å². The summed E-state index contributed by atoms with van der Waals surface area (Å²) in [4.78, 5) is 12.3. The maximum Gasteiger partial charge on any atom is 0.306 e. The van der Waals surface area contributed by atoms with E-state index in [0.717, 1.165) is 5.56 Å². The molecule has 0 amide bonds. The third kappa shape index (κ3) is 5.47. The van der Waals surface area contributed by atoms with Gasteiger partial charge in [-0.05, 0) is 19.5 Å². The van der Waals surface area contributed by atoms with Crippen LogP contribution in [0.3, 0.4) is 0 Å². The molecule has 1 aromatic carbocycles. The van der Waals surface area contributed by atoms with Crippen molar-refractivity contribution >= 4 is 5.97 Å². The lowest BCUT2D eigenvalue weighted by Gasteiger charge is -2.19. The number of carbonyl (C=O) groups is 1. The van der Waals surface area contributed by atoms with Gasteiger partial charge < -0.3 is 10.2 Å². The molecule has 1 aromatic rings. The van der Waals surface area contributed by atoms with Gasteiger partial charge in [0, 0.05) is 13.1 Å². The minimum Gasteiger partial charge on any atom is -0.481 e. The van der Waals surface area contributed by atoms with Gasteiger partial charge in [-0.1, -0.05) is 29.8 Å². The van der Waals surface area contributed by atoms with E-state index in [4.69, 9.17) is 5.11 Å². The van der Waals surface area contributed by atoms with Gasteiger partial charge >= 0.3 is 5.97 Å². The third-order valence-corrected chi connectivity index (χ3v) is 2.51. The van der Waals surface area contributed by atoms with Gasteiger partial charge in [-0.15, -0.1) is 0 Å². The van der Waals surface area contributed by atoms with Crippen LogP contribution in [0.5, 0.6) is 0 Å². The van der Waals surface area contributed by atoms with Crippen molar-refractivity contribution in [2.24, 2.45) is 0 Å². The number of aliphatic hydroxyl groups is 1. The topological polar surface area (TPSA) is 60.8 Å². The molecule has 1 rings (SSSR count). The van der Waals surface area contributed by atoms with Crippen LogP contribution in [0.25, 0.3) is 0 Å². The molecule has 4 nitrogen and oxygen atoms in total. The lowest BCUT2D eigenvalue weighted by atomic mass is 10.1. The average Bonchev–Trinajstić information content (AvgIpc) is 2.19. The first kappa shape index (κ1) is 13.7. The lowest BCUT2D eigenvalue weighted by molar-refractivity contribution is -0.139. The molecule has 0 heterocycles. The Morgan fingerprint density at radius 2 is 1.94 bits per heavy atom. The lowest BCUT2D eigenvalue weighted by Crippen LogP contribution is -2.30. The third-order valence-electron chi connectivity index (χ3n) is 2.51. The van der Waals surface area contributed by atoms with E-state index in [1.54, 1.807) is 0 Å². The molecule has 0 saturated carbocycles. The van der Waals surface area contributed by atoms with Crippen LogP contribution in [0.1, 0.15) is 17.5 Å². The summed E-state index contributed by atoms with van der Waals surface area (Å²) in [6.07, 6.45) is -1.03. The summed E-state index contributed by atoms with van der Waals surface area (Å²) < 4.78 is 0. The van der Waals surface area contributed by atoms with E-state index >= 15 is 0 Å². The highest BCUT2D eigenvalue weighted by atomic mass is 16.4. The summed E-state index contributed by atoms with van der Waals surface area (Å²) in [5.41, 5.74) is 2.36. The van der Waals surface area contributed by atoms with E-state index in [1.807, 2.05) is 43.1 Å². The average molecular weight is 237 g/mol. The molecule has 0 aliphatic rings. The van der Waals surface area contributed by atoms with Gasteiger partial charge in [0.15, 0.2) is 0 Å². The maximum absolute atomic E-state index is 10.4. The Labute approximate surface area is 101 Å². The number of likely N-dealkylation sites (N-methyl/N-ethyl adjacent to an activating group) is 1. The smallest absolute Gasteiger partial charge is 0.306 e. The summed E-state index contributed by atoms with van der Waals surface area (Å²) in [5.74, 6) is -0.971. The summed E-state index contributed by atoms with van der Waals surface area (Å²) in [6, 6.07) is 8.15. The first-order valence-corrected chi connectivity index (χ1v) is 5.61. The zero-order valence-corrected chi connectivity index (χ0v) is 10.3. The Balaban J connectivity index is 2.41. The number of aliphatic carboxylic acids is 1. The maximum atomic E-state index is 10.4. The van der Waals surface area contributed by atoms with E-state index in [9.17, 15) is 9.90 Å². The van der Waals surface area contributed by atoms with Gasteiger partial charge in [-0.25, -0.2) is 0 Å². The molecule has 0 bridgehead atoms. The van der Waals surface area contributed by atoms with Crippen LogP contribution in [0.15, 0.2) is 24.3 Å². The highest BCUT2D eigenvalue weighted by molar-refractivity contribution is 5.67. The Kier molecular flexibility index (Phi) is 5.12. The molecule has 1 unspecified atom stereocenters. The molecule has 0 aliphatic heterocycles. The van der Waals surface area contributed by atoms with Gasteiger partial charge in [0.05, 0.1) is 12.5 Å². The van der Waals surface area contributed by atoms with Crippen LogP contribution in [-0.4, -0.2) is 40.8 Å². The standard InChI is InChI=1S/C13H19NO3/c1-10-3-5-11(6-4-10)8-14(2)9-12(15)7-13(16)17/h3-6,12,15H,7-9H2,1-2H3,(H,16,17). The van der Waals surface area contributed by atoms with Crippen LogP contribution < -0.4 is 0 Å². The fourth-order valence-electron chi connectivity index (χ4n) is 1.70. The monoisotopic (exact) mass is 237 g/mol. The van der Waals surface area contributed by atoms with Crippen molar-refractivity contribution in [3.05, 3.63) is 35.4 Å². The van der Waals surface area contributed by atoms with Crippen LogP contribution in [-0.2, 0) is 11.3 Å². The largest absolute Gasteiger partial charge is 0.481 e. The van der Waals surface area contributed by atoms with Crippen molar-refractivity contribution < 1.29 is 15.0 Å². The van der Waals surface area contributed by atoms with Crippen LogP contribution in [0, 0.1) is 6.92 Å². The zero-order chi connectivity index (χ0) is 12.8. The minimum absolute atomic E-state index is 0.210. The fourth-order valence-corrected chi connectivity index (χ4v) is 1.70. The number of aliphatic hydroxyl groups excluding tert-OH is 1. The Morgan fingerprint density at radius 1 is 1.35 bits per heavy atom. The van der Waals surface area contributed by atoms with Crippen molar-refractivity contribution in [1.29, 1.82) is 0 Å². The van der Waals surface area contributed by atoms with E-state index in [2.05, 4.69) is 0 Å². The molecule has 0 aromatic heterocycles. The van der Waals surface area contributed by atoms with Gasteiger partial charge in [0.25, 0.3) is 0 Å². The quantitative estimate of drug-likeness (QED) is 0.782. The zero-order valence-electron chi connectivity index (χ0n) is 10.3. The molecular formula is C13H19NO3. The Bertz CT molecular complexity index is 361. The second-order valence-corrected chi connectivity index (χ2v) is 4.43. The molecule has 0 fully saturated rings. The number of hydrogen-bond donors (Lipinski definition) is 2. The second kappa shape index (κ2) is 6.37. The minimum atomic E-state index is -0.971.